The van der Waals surface area contributed by atoms with Gasteiger partial charge in [0.15, 0.2) is 0 Å². The van der Waals surface area contributed by atoms with E-state index in [1.807, 2.05) is 24.3 Å². The maximum Gasteiger partial charge on any atom is 0.231 e. The molecule has 0 N–H and O–H groups in total. The quantitative estimate of drug-likeness (QED) is 0.603. The Morgan fingerprint density at radius 1 is 1.21 bits per heavy atom. The highest BCUT2D eigenvalue weighted by atomic mass is 127. The third-order valence-corrected chi connectivity index (χ3v) is 4.73. The number of nitrogens with zero attached hydrogens (tertiary/aromatic N) is 2. The van der Waals surface area contributed by atoms with E-state index in [-0.39, 0.29) is 0 Å². The highest BCUT2D eigenvalue weighted by Gasteiger charge is 2.13. The van der Waals surface area contributed by atoms with Crippen molar-refractivity contribution in [1.82, 2.24) is 9.97 Å². The second-order valence-corrected chi connectivity index (χ2v) is 6.65. The van der Waals surface area contributed by atoms with Crippen molar-refractivity contribution < 1.29 is 4.74 Å². The number of fused-ring (bicyclic) bond motifs is 1. The van der Waals surface area contributed by atoms with Crippen molar-refractivity contribution in [3.05, 3.63) is 44.6 Å². The van der Waals surface area contributed by atoms with Crippen LogP contribution >= 0.6 is 33.9 Å². The maximum atomic E-state index is 5.92. The molecule has 1 aromatic carbocycles. The summed E-state index contributed by atoms with van der Waals surface area (Å²) in [4.78, 5) is 10.8. The first-order valence-corrected chi connectivity index (χ1v) is 7.69. The highest BCUT2D eigenvalue weighted by molar-refractivity contribution is 14.1. The topological polar surface area (TPSA) is 35.0 Å². The van der Waals surface area contributed by atoms with E-state index in [4.69, 9.17) is 4.74 Å². The average Bonchev–Trinajstić information content (AvgIpc) is 2.66. The molecule has 2 heterocycles. The second kappa shape index (κ2) is 5.05. The summed E-state index contributed by atoms with van der Waals surface area (Å²) in [6.07, 6.45) is 1.56. The van der Waals surface area contributed by atoms with Crippen LogP contribution < -0.4 is 4.74 Å². The van der Waals surface area contributed by atoms with Crippen molar-refractivity contribution in [2.75, 3.05) is 0 Å². The first-order valence-electron chi connectivity index (χ1n) is 5.79. The SMILES string of the molecule is Cc1sc2ncnc(Oc3cccc(I)c3)c2c1C. The predicted molar refractivity (Wildman–Crippen MR) is 86.1 cm³/mol. The highest BCUT2D eigenvalue weighted by Crippen LogP contribution is 2.35. The normalized spacial score (nSPS) is 10.9. The lowest BCUT2D eigenvalue weighted by atomic mass is 10.2. The van der Waals surface area contributed by atoms with Crippen LogP contribution in [0.15, 0.2) is 30.6 Å². The Hall–Kier alpha value is -1.21. The smallest absolute Gasteiger partial charge is 0.231 e. The van der Waals surface area contributed by atoms with Gasteiger partial charge in [-0.3, -0.25) is 0 Å². The van der Waals surface area contributed by atoms with E-state index in [1.54, 1.807) is 17.7 Å². The summed E-state index contributed by atoms with van der Waals surface area (Å²) in [5.74, 6) is 1.43. The van der Waals surface area contributed by atoms with E-state index in [9.17, 15) is 0 Å². The van der Waals surface area contributed by atoms with Crippen LogP contribution in [0, 0.1) is 17.4 Å². The second-order valence-electron chi connectivity index (χ2n) is 4.20. The minimum Gasteiger partial charge on any atom is -0.438 e. The first-order chi connectivity index (χ1) is 9.15. The van der Waals surface area contributed by atoms with E-state index < -0.39 is 0 Å². The van der Waals surface area contributed by atoms with Gasteiger partial charge in [0.05, 0.1) is 5.39 Å². The van der Waals surface area contributed by atoms with Crippen molar-refractivity contribution in [2.45, 2.75) is 13.8 Å². The Kier molecular flexibility index (Phi) is 3.40. The summed E-state index contributed by atoms with van der Waals surface area (Å²) in [6.45, 7) is 4.18. The molecule has 0 saturated carbocycles. The number of benzene rings is 1. The molecule has 96 valence electrons. The predicted octanol–water partition coefficient (Wildman–Crippen LogP) is 4.71. The molecule has 2 aromatic heterocycles. The van der Waals surface area contributed by atoms with Gasteiger partial charge in [-0.25, -0.2) is 9.97 Å². The van der Waals surface area contributed by atoms with Gasteiger partial charge in [0.1, 0.15) is 16.9 Å². The average molecular weight is 382 g/mol. The molecule has 3 aromatic rings. The number of rotatable bonds is 2. The molecule has 3 rings (SSSR count). The first kappa shape index (κ1) is 12.8. The Balaban J connectivity index is 2.10. The summed E-state index contributed by atoms with van der Waals surface area (Å²) in [6, 6.07) is 7.93. The van der Waals surface area contributed by atoms with E-state index in [0.29, 0.717) is 5.88 Å². The van der Waals surface area contributed by atoms with Gasteiger partial charge in [0.2, 0.25) is 5.88 Å². The molecule has 0 radical (unpaired) electrons. The van der Waals surface area contributed by atoms with Crippen molar-refractivity contribution in [2.24, 2.45) is 0 Å². The molecule has 0 atom stereocenters. The van der Waals surface area contributed by atoms with Crippen LogP contribution in [0.3, 0.4) is 0 Å². The zero-order chi connectivity index (χ0) is 13.4. The van der Waals surface area contributed by atoms with Crippen LogP contribution in [0.2, 0.25) is 0 Å². The Labute approximate surface area is 128 Å². The number of ether oxygens (including phenoxy) is 1. The minimum atomic E-state index is 0.633. The van der Waals surface area contributed by atoms with Crippen molar-refractivity contribution in [3.8, 4) is 11.6 Å². The molecule has 0 aliphatic rings. The monoisotopic (exact) mass is 382 g/mol. The van der Waals surface area contributed by atoms with Crippen LogP contribution in [-0.2, 0) is 0 Å². The minimum absolute atomic E-state index is 0.633. The molecule has 19 heavy (non-hydrogen) atoms. The number of aryl methyl sites for hydroxylation is 2. The summed E-state index contributed by atoms with van der Waals surface area (Å²) in [7, 11) is 0. The van der Waals surface area contributed by atoms with Gasteiger partial charge >= 0.3 is 0 Å². The summed E-state index contributed by atoms with van der Waals surface area (Å²) < 4.78 is 7.05. The molecule has 0 amide bonds. The zero-order valence-electron chi connectivity index (χ0n) is 10.5. The van der Waals surface area contributed by atoms with Crippen LogP contribution in [-0.4, -0.2) is 9.97 Å². The van der Waals surface area contributed by atoms with Crippen LogP contribution in [0.25, 0.3) is 10.2 Å². The third kappa shape index (κ3) is 2.44. The molecule has 0 unspecified atom stereocenters. The lowest BCUT2D eigenvalue weighted by Crippen LogP contribution is -1.90. The molecule has 0 saturated heterocycles. The third-order valence-electron chi connectivity index (χ3n) is 2.94. The number of hydrogen-bond acceptors (Lipinski definition) is 4. The largest absolute Gasteiger partial charge is 0.438 e. The molecule has 5 heteroatoms. The van der Waals surface area contributed by atoms with Crippen LogP contribution in [0.4, 0.5) is 0 Å². The summed E-state index contributed by atoms with van der Waals surface area (Å²) in [5.41, 5.74) is 1.20. The lowest BCUT2D eigenvalue weighted by Gasteiger charge is -2.06. The fourth-order valence-corrected chi connectivity index (χ4v) is 3.37. The number of aromatic nitrogens is 2. The van der Waals surface area contributed by atoms with E-state index >= 15 is 0 Å². The zero-order valence-corrected chi connectivity index (χ0v) is 13.4. The number of thiophene rings is 1. The van der Waals surface area contributed by atoms with Crippen LogP contribution in [0.5, 0.6) is 11.6 Å². The van der Waals surface area contributed by atoms with Gasteiger partial charge in [-0.2, -0.15) is 0 Å². The van der Waals surface area contributed by atoms with E-state index in [0.717, 1.165) is 19.5 Å². The van der Waals surface area contributed by atoms with Gasteiger partial charge in [0.25, 0.3) is 0 Å². The van der Waals surface area contributed by atoms with E-state index in [1.165, 1.54) is 10.4 Å². The van der Waals surface area contributed by atoms with Gasteiger partial charge in [-0.1, -0.05) is 6.07 Å². The summed E-state index contributed by atoms with van der Waals surface area (Å²) in [5, 5.41) is 1.02. The fourth-order valence-electron chi connectivity index (χ4n) is 1.87. The number of halogens is 1. The molecular weight excluding hydrogens is 371 g/mol. The molecular formula is C14H11IN2OS. The lowest BCUT2D eigenvalue weighted by molar-refractivity contribution is 0.468. The Bertz CT molecular complexity index is 754. The fraction of sp³-hybridized carbons (Fsp3) is 0.143. The maximum absolute atomic E-state index is 5.92. The molecule has 0 bridgehead atoms. The molecule has 0 fully saturated rings. The van der Waals surface area contributed by atoms with Gasteiger partial charge in [-0.05, 0) is 60.2 Å². The Morgan fingerprint density at radius 2 is 2.05 bits per heavy atom. The van der Waals surface area contributed by atoms with E-state index in [2.05, 4.69) is 46.4 Å². The van der Waals surface area contributed by atoms with Gasteiger partial charge in [0, 0.05) is 8.45 Å². The van der Waals surface area contributed by atoms with Gasteiger partial charge < -0.3 is 4.74 Å². The molecule has 0 aliphatic heterocycles. The number of hydrogen-bond donors (Lipinski definition) is 0. The van der Waals surface area contributed by atoms with Crippen molar-refractivity contribution in [1.29, 1.82) is 0 Å². The summed E-state index contributed by atoms with van der Waals surface area (Å²) >= 11 is 3.94. The van der Waals surface area contributed by atoms with Crippen molar-refractivity contribution in [3.63, 3.8) is 0 Å². The van der Waals surface area contributed by atoms with Gasteiger partial charge in [-0.15, -0.1) is 11.3 Å². The molecule has 0 spiro atoms. The standard InChI is InChI=1S/C14H11IN2OS/c1-8-9(2)19-14-12(8)13(16-7-17-14)18-11-5-3-4-10(15)6-11/h3-7H,1-2H3. The van der Waals surface area contributed by atoms with Crippen molar-refractivity contribution >= 4 is 44.1 Å². The molecule has 3 nitrogen and oxygen atoms in total. The van der Waals surface area contributed by atoms with Crippen LogP contribution in [0.1, 0.15) is 10.4 Å². The Morgan fingerprint density at radius 3 is 2.84 bits per heavy atom. The molecule has 0 aliphatic carbocycles.